The van der Waals surface area contributed by atoms with Crippen LogP contribution < -0.4 is 5.73 Å². The van der Waals surface area contributed by atoms with Gasteiger partial charge in [0.25, 0.3) is 0 Å². The Balaban J connectivity index is 1.78. The Morgan fingerprint density at radius 1 is 1.13 bits per heavy atom. The maximum Gasteiger partial charge on any atom is 0.234 e. The third kappa shape index (κ3) is 2.40. The third-order valence-corrected chi connectivity index (χ3v) is 4.61. The Labute approximate surface area is 133 Å². The number of hydrogen-bond donors (Lipinski definition) is 1. The van der Waals surface area contributed by atoms with Crippen LogP contribution in [0.15, 0.2) is 41.1 Å². The Kier molecular flexibility index (Phi) is 3.55. The monoisotopic (exact) mass is 310 g/mol. The molecule has 3 aromatic rings. The van der Waals surface area contributed by atoms with E-state index in [9.17, 15) is 0 Å². The highest BCUT2D eigenvalue weighted by atomic mass is 16.5. The molecule has 1 fully saturated rings. The number of nitrogens with zero attached hydrogens (tertiary/aromatic N) is 3. The van der Waals surface area contributed by atoms with Gasteiger partial charge in [-0.3, -0.25) is 4.98 Å². The number of rotatable bonds is 3. The van der Waals surface area contributed by atoms with Crippen molar-refractivity contribution in [1.29, 1.82) is 0 Å². The zero-order valence-corrected chi connectivity index (χ0v) is 12.7. The average molecular weight is 310 g/mol. The topological polar surface area (TPSA) is 87.1 Å². The van der Waals surface area contributed by atoms with Gasteiger partial charge in [-0.2, -0.15) is 4.98 Å². The molecule has 0 amide bonds. The van der Waals surface area contributed by atoms with Crippen LogP contribution in [0.5, 0.6) is 0 Å². The number of nitrogens with two attached hydrogens (primary N) is 1. The number of fused-ring (bicyclic) bond motifs is 1. The van der Waals surface area contributed by atoms with Crippen LogP contribution in [0.25, 0.3) is 22.3 Å². The van der Waals surface area contributed by atoms with Crippen molar-refractivity contribution in [2.24, 2.45) is 5.73 Å². The van der Waals surface area contributed by atoms with Crippen molar-refractivity contribution in [2.75, 3.05) is 19.8 Å². The molecule has 0 atom stereocenters. The summed E-state index contributed by atoms with van der Waals surface area (Å²) < 4.78 is 11.0. The molecule has 1 aliphatic heterocycles. The van der Waals surface area contributed by atoms with Gasteiger partial charge >= 0.3 is 0 Å². The molecule has 6 nitrogen and oxygen atoms in total. The molecular weight excluding hydrogens is 292 g/mol. The van der Waals surface area contributed by atoms with Gasteiger partial charge in [0.15, 0.2) is 0 Å². The van der Waals surface area contributed by atoms with Crippen LogP contribution in [0.3, 0.4) is 0 Å². The number of pyridine rings is 1. The summed E-state index contributed by atoms with van der Waals surface area (Å²) in [6.45, 7) is 1.81. The standard InChI is InChI=1S/C17H18N4O2/c18-11-17(6-9-22-10-7-17)16-20-15(21-23-16)14-13-4-2-1-3-12(13)5-8-19-14/h1-5,8H,6-7,9-11,18H2. The second-order valence-corrected chi connectivity index (χ2v) is 5.90. The molecule has 1 saturated heterocycles. The average Bonchev–Trinajstić information content (AvgIpc) is 3.12. The van der Waals surface area contributed by atoms with Gasteiger partial charge in [-0.15, -0.1) is 0 Å². The molecule has 0 unspecified atom stereocenters. The Hall–Kier alpha value is -2.31. The van der Waals surface area contributed by atoms with Gasteiger partial charge in [-0.25, -0.2) is 0 Å². The lowest BCUT2D eigenvalue weighted by Gasteiger charge is -2.32. The van der Waals surface area contributed by atoms with Crippen molar-refractivity contribution >= 4 is 10.8 Å². The van der Waals surface area contributed by atoms with E-state index in [1.54, 1.807) is 6.20 Å². The van der Waals surface area contributed by atoms with Crippen LogP contribution in [0.2, 0.25) is 0 Å². The third-order valence-electron chi connectivity index (χ3n) is 4.61. The summed E-state index contributed by atoms with van der Waals surface area (Å²) >= 11 is 0. The summed E-state index contributed by atoms with van der Waals surface area (Å²) in [6, 6.07) is 10.0. The molecule has 4 rings (SSSR count). The first-order valence-electron chi connectivity index (χ1n) is 7.78. The highest BCUT2D eigenvalue weighted by Gasteiger charge is 2.38. The first-order valence-corrected chi connectivity index (χ1v) is 7.78. The summed E-state index contributed by atoms with van der Waals surface area (Å²) in [5.41, 5.74) is 6.46. The Bertz CT molecular complexity index is 819. The van der Waals surface area contributed by atoms with Crippen LogP contribution in [0, 0.1) is 0 Å². The summed E-state index contributed by atoms with van der Waals surface area (Å²) in [5.74, 6) is 1.10. The fourth-order valence-corrected chi connectivity index (χ4v) is 3.10. The van der Waals surface area contributed by atoms with Crippen molar-refractivity contribution in [2.45, 2.75) is 18.3 Å². The lowest BCUT2D eigenvalue weighted by atomic mass is 9.80. The lowest BCUT2D eigenvalue weighted by Crippen LogP contribution is -2.40. The molecule has 0 bridgehead atoms. The van der Waals surface area contributed by atoms with E-state index in [1.807, 2.05) is 30.3 Å². The van der Waals surface area contributed by atoms with Crippen molar-refractivity contribution in [1.82, 2.24) is 15.1 Å². The Morgan fingerprint density at radius 3 is 2.78 bits per heavy atom. The van der Waals surface area contributed by atoms with E-state index in [1.165, 1.54) is 0 Å². The molecule has 3 heterocycles. The number of hydrogen-bond acceptors (Lipinski definition) is 6. The van der Waals surface area contributed by atoms with Gasteiger partial charge in [0.2, 0.25) is 11.7 Å². The van der Waals surface area contributed by atoms with Crippen molar-refractivity contribution < 1.29 is 9.26 Å². The van der Waals surface area contributed by atoms with Crippen molar-refractivity contribution in [3.05, 3.63) is 42.4 Å². The zero-order valence-electron chi connectivity index (χ0n) is 12.7. The molecule has 1 aliphatic rings. The van der Waals surface area contributed by atoms with Gasteiger partial charge < -0.3 is 15.0 Å². The minimum Gasteiger partial charge on any atom is -0.381 e. The fourth-order valence-electron chi connectivity index (χ4n) is 3.10. The SMILES string of the molecule is NCC1(c2nc(-c3nccc4ccccc34)no2)CCOCC1. The van der Waals surface area contributed by atoms with E-state index in [2.05, 4.69) is 15.1 Å². The maximum atomic E-state index is 6.01. The van der Waals surface area contributed by atoms with E-state index in [4.69, 9.17) is 15.0 Å². The second-order valence-electron chi connectivity index (χ2n) is 5.90. The van der Waals surface area contributed by atoms with Crippen LogP contribution in [-0.2, 0) is 10.2 Å². The van der Waals surface area contributed by atoms with Gasteiger partial charge in [0, 0.05) is 31.3 Å². The van der Waals surface area contributed by atoms with E-state index in [-0.39, 0.29) is 5.41 Å². The summed E-state index contributed by atoms with van der Waals surface area (Å²) in [4.78, 5) is 9.06. The van der Waals surface area contributed by atoms with Crippen LogP contribution >= 0.6 is 0 Å². The van der Waals surface area contributed by atoms with Crippen LogP contribution in [0.1, 0.15) is 18.7 Å². The summed E-state index contributed by atoms with van der Waals surface area (Å²) in [5, 5.41) is 6.27. The second kappa shape index (κ2) is 5.72. The van der Waals surface area contributed by atoms with Gasteiger partial charge in [-0.1, -0.05) is 29.4 Å². The number of aromatic nitrogens is 3. The highest BCUT2D eigenvalue weighted by molar-refractivity contribution is 5.92. The quantitative estimate of drug-likeness (QED) is 0.798. The minimum absolute atomic E-state index is 0.284. The molecule has 2 aromatic heterocycles. The predicted octanol–water partition coefficient (Wildman–Crippen LogP) is 2.29. The first-order chi connectivity index (χ1) is 11.3. The van der Waals surface area contributed by atoms with E-state index in [0.29, 0.717) is 31.5 Å². The maximum absolute atomic E-state index is 6.01. The summed E-state index contributed by atoms with van der Waals surface area (Å²) in [6.07, 6.45) is 3.36. The molecule has 0 aliphatic carbocycles. The van der Waals surface area contributed by atoms with Gasteiger partial charge in [0.1, 0.15) is 5.69 Å². The first kappa shape index (κ1) is 14.3. The van der Waals surface area contributed by atoms with Crippen molar-refractivity contribution in [3.8, 4) is 11.5 Å². The Morgan fingerprint density at radius 2 is 1.96 bits per heavy atom. The molecule has 0 spiro atoms. The molecule has 118 valence electrons. The molecule has 6 heteroatoms. The smallest absolute Gasteiger partial charge is 0.234 e. The minimum atomic E-state index is -0.284. The lowest BCUT2D eigenvalue weighted by molar-refractivity contribution is 0.0409. The normalized spacial score (nSPS) is 17.4. The predicted molar refractivity (Wildman–Crippen MR) is 85.8 cm³/mol. The molecule has 1 aromatic carbocycles. The largest absolute Gasteiger partial charge is 0.381 e. The highest BCUT2D eigenvalue weighted by Crippen LogP contribution is 2.34. The van der Waals surface area contributed by atoms with E-state index in [0.717, 1.165) is 29.3 Å². The molecule has 0 saturated carbocycles. The molecule has 0 radical (unpaired) electrons. The van der Waals surface area contributed by atoms with Crippen molar-refractivity contribution in [3.63, 3.8) is 0 Å². The van der Waals surface area contributed by atoms with Gasteiger partial charge in [0.05, 0.1) is 5.41 Å². The van der Waals surface area contributed by atoms with E-state index < -0.39 is 0 Å². The van der Waals surface area contributed by atoms with E-state index >= 15 is 0 Å². The van der Waals surface area contributed by atoms with Gasteiger partial charge in [-0.05, 0) is 24.3 Å². The number of benzene rings is 1. The molecule has 2 N–H and O–H groups in total. The van der Waals surface area contributed by atoms with Crippen LogP contribution in [0.4, 0.5) is 0 Å². The fraction of sp³-hybridized carbons (Fsp3) is 0.353. The number of ether oxygens (including phenoxy) is 1. The zero-order chi connectivity index (χ0) is 15.7. The van der Waals surface area contributed by atoms with Crippen LogP contribution in [-0.4, -0.2) is 34.9 Å². The molecular formula is C17H18N4O2. The molecule has 23 heavy (non-hydrogen) atoms. The summed E-state index contributed by atoms with van der Waals surface area (Å²) in [7, 11) is 0.